The van der Waals surface area contributed by atoms with Crippen molar-refractivity contribution in [2.24, 2.45) is 0 Å². The Morgan fingerprint density at radius 2 is 2.10 bits per heavy atom. The Bertz CT molecular complexity index is 1100. The lowest BCUT2D eigenvalue weighted by Gasteiger charge is -2.23. The molecule has 0 aliphatic carbocycles. The number of fused-ring (bicyclic) bond motifs is 2. The molecule has 2 aromatic carbocycles. The third-order valence-corrected chi connectivity index (χ3v) is 6.69. The van der Waals surface area contributed by atoms with Gasteiger partial charge in [-0.15, -0.1) is 11.3 Å². The number of hydrogen-bond donors (Lipinski definition) is 1. The number of carbonyl (C=O) groups is 1. The van der Waals surface area contributed by atoms with Crippen molar-refractivity contribution in [1.82, 2.24) is 15.2 Å². The largest absolute Gasteiger partial charge is 0.459 e. The highest BCUT2D eigenvalue weighted by molar-refractivity contribution is 7.18. The molecule has 1 amide bonds. The van der Waals surface area contributed by atoms with Gasteiger partial charge in [0, 0.05) is 5.39 Å². The van der Waals surface area contributed by atoms with Crippen molar-refractivity contribution in [3.05, 3.63) is 65.4 Å². The zero-order valence-electron chi connectivity index (χ0n) is 16.3. The number of benzene rings is 2. The van der Waals surface area contributed by atoms with E-state index in [0.29, 0.717) is 6.54 Å². The first kappa shape index (κ1) is 18.3. The Hall–Kier alpha value is -2.70. The molecule has 1 fully saturated rings. The van der Waals surface area contributed by atoms with Crippen LogP contribution in [-0.2, 0) is 4.79 Å². The summed E-state index contributed by atoms with van der Waals surface area (Å²) >= 11 is 1.74. The van der Waals surface area contributed by atoms with Gasteiger partial charge in [-0.2, -0.15) is 0 Å². The highest BCUT2D eigenvalue weighted by Crippen LogP contribution is 2.36. The molecule has 0 radical (unpaired) electrons. The average molecular weight is 406 g/mol. The van der Waals surface area contributed by atoms with Crippen molar-refractivity contribution in [1.29, 1.82) is 0 Å². The summed E-state index contributed by atoms with van der Waals surface area (Å²) in [6.07, 6.45) is 2.14. The van der Waals surface area contributed by atoms with Crippen LogP contribution in [0.3, 0.4) is 0 Å². The lowest BCUT2D eigenvalue weighted by molar-refractivity contribution is -0.123. The quantitative estimate of drug-likeness (QED) is 0.504. The maximum atomic E-state index is 12.7. The third kappa shape index (κ3) is 3.66. The smallest absolute Gasteiger partial charge is 0.234 e. The van der Waals surface area contributed by atoms with E-state index in [1.165, 1.54) is 4.70 Å². The average Bonchev–Trinajstić information content (AvgIpc) is 3.44. The summed E-state index contributed by atoms with van der Waals surface area (Å²) in [5.74, 6) is 0.801. The van der Waals surface area contributed by atoms with Crippen molar-refractivity contribution in [3.63, 3.8) is 0 Å². The molecule has 1 aliphatic rings. The second-order valence-electron chi connectivity index (χ2n) is 7.62. The Morgan fingerprint density at radius 1 is 1.28 bits per heavy atom. The third-order valence-electron chi connectivity index (χ3n) is 5.55. The highest BCUT2D eigenvalue weighted by Gasteiger charge is 2.30. The summed E-state index contributed by atoms with van der Waals surface area (Å²) in [6, 6.07) is 18.2. The maximum absolute atomic E-state index is 12.7. The summed E-state index contributed by atoms with van der Waals surface area (Å²) in [5, 5.41) is 5.26. The van der Waals surface area contributed by atoms with E-state index >= 15 is 0 Å². The van der Waals surface area contributed by atoms with Gasteiger partial charge in [0.25, 0.3) is 0 Å². The SMILES string of the molecule is C[C@H](NC(=O)CN1CCC[C@H]1c1nc2ccccc2s1)c1cc2ccccc2o1. The van der Waals surface area contributed by atoms with Gasteiger partial charge < -0.3 is 9.73 Å². The topological polar surface area (TPSA) is 58.4 Å². The van der Waals surface area contributed by atoms with Crippen LogP contribution in [0.5, 0.6) is 0 Å². The molecule has 6 heteroatoms. The van der Waals surface area contributed by atoms with Crippen molar-refractivity contribution in [2.75, 3.05) is 13.1 Å². The molecule has 5 nitrogen and oxygen atoms in total. The predicted molar refractivity (Wildman–Crippen MR) is 116 cm³/mol. The van der Waals surface area contributed by atoms with Gasteiger partial charge in [0.05, 0.1) is 28.8 Å². The van der Waals surface area contributed by atoms with Gasteiger partial charge in [0.1, 0.15) is 16.4 Å². The predicted octanol–water partition coefficient (Wildman–Crippen LogP) is 5.06. The van der Waals surface area contributed by atoms with Crippen LogP contribution < -0.4 is 5.32 Å². The molecule has 1 saturated heterocycles. The number of thiazole rings is 1. The fraction of sp³-hybridized carbons (Fsp3) is 0.304. The minimum absolute atomic E-state index is 0.0194. The summed E-state index contributed by atoms with van der Waals surface area (Å²) < 4.78 is 7.09. The molecule has 1 N–H and O–H groups in total. The molecule has 0 unspecified atom stereocenters. The maximum Gasteiger partial charge on any atom is 0.234 e. The molecule has 148 valence electrons. The van der Waals surface area contributed by atoms with Crippen LogP contribution in [0.15, 0.2) is 59.0 Å². The Morgan fingerprint density at radius 3 is 2.97 bits per heavy atom. The summed E-state index contributed by atoms with van der Waals surface area (Å²) in [6.45, 7) is 3.27. The van der Waals surface area contributed by atoms with E-state index in [1.54, 1.807) is 11.3 Å². The molecular formula is C23H23N3O2S. The van der Waals surface area contributed by atoms with Crippen molar-refractivity contribution >= 4 is 38.4 Å². The zero-order chi connectivity index (χ0) is 19.8. The second-order valence-corrected chi connectivity index (χ2v) is 8.69. The lowest BCUT2D eigenvalue weighted by Crippen LogP contribution is -2.37. The van der Waals surface area contributed by atoms with Crippen LogP contribution in [0.25, 0.3) is 21.2 Å². The molecule has 2 atom stereocenters. The first-order chi connectivity index (χ1) is 14.2. The second kappa shape index (κ2) is 7.61. The van der Waals surface area contributed by atoms with Crippen molar-refractivity contribution < 1.29 is 9.21 Å². The molecule has 0 saturated carbocycles. The molecule has 29 heavy (non-hydrogen) atoms. The van der Waals surface area contributed by atoms with E-state index in [-0.39, 0.29) is 18.0 Å². The van der Waals surface area contributed by atoms with E-state index in [2.05, 4.69) is 22.3 Å². The highest BCUT2D eigenvalue weighted by atomic mass is 32.1. The number of furan rings is 1. The first-order valence-corrected chi connectivity index (χ1v) is 10.9. The monoisotopic (exact) mass is 405 g/mol. The van der Waals surface area contributed by atoms with Crippen LogP contribution in [-0.4, -0.2) is 28.9 Å². The lowest BCUT2D eigenvalue weighted by atomic mass is 10.2. The van der Waals surface area contributed by atoms with Gasteiger partial charge in [0.15, 0.2) is 0 Å². The Labute approximate surface area is 173 Å². The van der Waals surface area contributed by atoms with Crippen LogP contribution in [0.4, 0.5) is 0 Å². The Balaban J connectivity index is 1.26. The van der Waals surface area contributed by atoms with Crippen molar-refractivity contribution in [2.45, 2.75) is 31.8 Å². The van der Waals surface area contributed by atoms with E-state index in [0.717, 1.165) is 46.6 Å². The number of likely N-dealkylation sites (tertiary alicyclic amines) is 1. The van der Waals surface area contributed by atoms with Gasteiger partial charge in [-0.3, -0.25) is 9.69 Å². The van der Waals surface area contributed by atoms with Crippen LogP contribution in [0.2, 0.25) is 0 Å². The van der Waals surface area contributed by atoms with Crippen molar-refractivity contribution in [3.8, 4) is 0 Å². The zero-order valence-corrected chi connectivity index (χ0v) is 17.1. The minimum atomic E-state index is -0.168. The Kier molecular flexibility index (Phi) is 4.81. The van der Waals surface area contributed by atoms with Gasteiger partial charge >= 0.3 is 0 Å². The molecule has 3 heterocycles. The molecule has 1 aliphatic heterocycles. The van der Waals surface area contributed by atoms with Gasteiger partial charge in [0.2, 0.25) is 5.91 Å². The number of amides is 1. The van der Waals surface area contributed by atoms with E-state index in [1.807, 2.05) is 49.4 Å². The molecule has 4 aromatic rings. The van der Waals surface area contributed by atoms with E-state index in [4.69, 9.17) is 9.40 Å². The molecule has 5 rings (SSSR count). The number of nitrogens with zero attached hydrogens (tertiary/aromatic N) is 2. The number of carbonyl (C=O) groups excluding carboxylic acids is 1. The van der Waals surface area contributed by atoms with Gasteiger partial charge in [-0.05, 0) is 50.6 Å². The van der Waals surface area contributed by atoms with Crippen LogP contribution in [0, 0.1) is 0 Å². The molecule has 0 spiro atoms. The summed E-state index contributed by atoms with van der Waals surface area (Å²) in [4.78, 5) is 19.8. The number of aromatic nitrogens is 1. The van der Waals surface area contributed by atoms with Crippen LogP contribution >= 0.6 is 11.3 Å². The minimum Gasteiger partial charge on any atom is -0.459 e. The first-order valence-electron chi connectivity index (χ1n) is 10.0. The number of rotatable bonds is 5. The summed E-state index contributed by atoms with van der Waals surface area (Å²) in [7, 11) is 0. The molecular weight excluding hydrogens is 382 g/mol. The van der Waals surface area contributed by atoms with Gasteiger partial charge in [-0.25, -0.2) is 4.98 Å². The van der Waals surface area contributed by atoms with Gasteiger partial charge in [-0.1, -0.05) is 30.3 Å². The number of para-hydroxylation sites is 2. The normalized spacial score (nSPS) is 18.4. The van der Waals surface area contributed by atoms with E-state index < -0.39 is 0 Å². The molecule has 2 aromatic heterocycles. The summed E-state index contributed by atoms with van der Waals surface area (Å²) in [5.41, 5.74) is 1.89. The fourth-order valence-electron chi connectivity index (χ4n) is 4.09. The fourth-order valence-corrected chi connectivity index (χ4v) is 5.22. The van der Waals surface area contributed by atoms with Crippen LogP contribution in [0.1, 0.15) is 42.6 Å². The number of nitrogens with one attached hydrogen (secondary N) is 1. The molecule has 0 bridgehead atoms. The number of hydrogen-bond acceptors (Lipinski definition) is 5. The van der Waals surface area contributed by atoms with E-state index in [9.17, 15) is 4.79 Å². The standard InChI is InChI=1S/C23H23N3O2S/c1-15(20-13-16-7-2-4-10-19(16)28-20)24-22(27)14-26-12-6-9-18(26)23-25-17-8-3-5-11-21(17)29-23/h2-5,7-8,10-11,13,15,18H,6,9,12,14H2,1H3,(H,24,27)/t15-,18-/m0/s1.